The number of aliphatic hydroxyl groups excluding tert-OH is 2. The summed E-state index contributed by atoms with van der Waals surface area (Å²) in [6, 6.07) is 0. The monoisotopic (exact) mass is 357 g/mol. The molecule has 0 aromatic heterocycles. The smallest absolute Gasteiger partial charge is 0.339 e. The van der Waals surface area contributed by atoms with Gasteiger partial charge in [0.05, 0.1) is 5.41 Å². The largest absolute Gasteiger partial charge is 0.396 e. The summed E-state index contributed by atoms with van der Waals surface area (Å²) in [7, 11) is 0. The maximum Gasteiger partial charge on any atom is 0.339 e. The van der Waals surface area contributed by atoms with E-state index in [0.29, 0.717) is 11.5 Å². The first-order valence-electron chi connectivity index (χ1n) is 8.69. The molecule has 2 amide bonds. The Bertz CT molecular complexity index is 526. The van der Waals surface area contributed by atoms with E-state index in [2.05, 4.69) is 0 Å². The quantitative estimate of drug-likeness (QED) is 0.640. The second-order valence-corrected chi connectivity index (χ2v) is 8.25. The van der Waals surface area contributed by atoms with Gasteiger partial charge in [0.15, 0.2) is 0 Å². The fourth-order valence-corrected chi connectivity index (χ4v) is 3.65. The van der Waals surface area contributed by atoms with Crippen LogP contribution in [0.4, 0.5) is 0 Å². The van der Waals surface area contributed by atoms with Gasteiger partial charge in [-0.3, -0.25) is 9.59 Å². The normalized spacial score (nSPS) is 19.8. The Kier molecular flexibility index (Phi) is 6.40. The van der Waals surface area contributed by atoms with E-state index in [1.807, 2.05) is 34.6 Å². The van der Waals surface area contributed by atoms with Gasteiger partial charge in [-0.15, -0.1) is 5.06 Å². The predicted octanol–water partition coefficient (Wildman–Crippen LogP) is 1.66. The van der Waals surface area contributed by atoms with Crippen molar-refractivity contribution in [2.24, 2.45) is 22.2 Å². The molecule has 7 nitrogen and oxygen atoms in total. The van der Waals surface area contributed by atoms with E-state index < -0.39 is 39.9 Å². The van der Waals surface area contributed by atoms with Gasteiger partial charge in [-0.05, 0) is 30.1 Å². The maximum absolute atomic E-state index is 12.9. The van der Waals surface area contributed by atoms with Crippen molar-refractivity contribution < 1.29 is 29.4 Å². The summed E-state index contributed by atoms with van der Waals surface area (Å²) in [6.45, 7) is 10.5. The second kappa shape index (κ2) is 7.41. The number of hydrogen-bond acceptors (Lipinski definition) is 6. The minimum atomic E-state index is -1.07. The van der Waals surface area contributed by atoms with Crippen LogP contribution in [0.25, 0.3) is 0 Å². The Labute approximate surface area is 149 Å². The summed E-state index contributed by atoms with van der Waals surface area (Å²) >= 11 is 0. The van der Waals surface area contributed by atoms with E-state index in [1.165, 1.54) is 0 Å². The highest BCUT2D eigenvalue weighted by molar-refractivity contribution is 6.01. The highest BCUT2D eigenvalue weighted by Crippen LogP contribution is 2.53. The Morgan fingerprint density at radius 1 is 1.12 bits per heavy atom. The molecule has 0 radical (unpaired) electrons. The van der Waals surface area contributed by atoms with Gasteiger partial charge in [0.2, 0.25) is 0 Å². The van der Waals surface area contributed by atoms with Crippen LogP contribution >= 0.6 is 0 Å². The van der Waals surface area contributed by atoms with Crippen LogP contribution in [0.15, 0.2) is 0 Å². The third kappa shape index (κ3) is 3.72. The molecule has 1 heterocycles. The molecule has 2 atom stereocenters. The van der Waals surface area contributed by atoms with Gasteiger partial charge < -0.3 is 15.1 Å². The summed E-state index contributed by atoms with van der Waals surface area (Å²) in [4.78, 5) is 41.6. The zero-order valence-electron chi connectivity index (χ0n) is 16.1. The van der Waals surface area contributed by atoms with Crippen molar-refractivity contribution in [2.45, 2.75) is 60.8 Å². The summed E-state index contributed by atoms with van der Waals surface area (Å²) in [5.74, 6) is -2.14. The average molecular weight is 357 g/mol. The Hall–Kier alpha value is -1.47. The van der Waals surface area contributed by atoms with Crippen molar-refractivity contribution in [3.63, 3.8) is 0 Å². The van der Waals surface area contributed by atoms with Crippen LogP contribution in [0.3, 0.4) is 0 Å². The third-order valence-corrected chi connectivity index (χ3v) is 6.16. The van der Waals surface area contributed by atoms with E-state index in [4.69, 9.17) is 4.84 Å². The fraction of sp³-hybridized carbons (Fsp3) is 0.833. The molecule has 144 valence electrons. The van der Waals surface area contributed by atoms with Crippen molar-refractivity contribution in [2.75, 3.05) is 13.2 Å². The van der Waals surface area contributed by atoms with E-state index >= 15 is 0 Å². The molecule has 2 N–H and O–H groups in total. The van der Waals surface area contributed by atoms with Crippen molar-refractivity contribution in [3.8, 4) is 0 Å². The van der Waals surface area contributed by atoms with Crippen LogP contribution in [-0.2, 0) is 19.2 Å². The van der Waals surface area contributed by atoms with Gasteiger partial charge in [0.1, 0.15) is 0 Å². The first-order valence-corrected chi connectivity index (χ1v) is 8.69. The molecule has 2 unspecified atom stereocenters. The minimum Gasteiger partial charge on any atom is -0.396 e. The third-order valence-electron chi connectivity index (χ3n) is 6.16. The lowest BCUT2D eigenvalue weighted by atomic mass is 9.53. The molecule has 1 fully saturated rings. The molecule has 1 rings (SSSR count). The highest BCUT2D eigenvalue weighted by atomic mass is 16.7. The fourth-order valence-electron chi connectivity index (χ4n) is 3.65. The molecule has 0 aromatic rings. The lowest BCUT2D eigenvalue weighted by Crippen LogP contribution is -2.54. The predicted molar refractivity (Wildman–Crippen MR) is 90.8 cm³/mol. The molecule has 0 aromatic carbocycles. The van der Waals surface area contributed by atoms with Gasteiger partial charge in [0, 0.05) is 26.1 Å². The lowest BCUT2D eigenvalue weighted by molar-refractivity contribution is -0.214. The first-order chi connectivity index (χ1) is 11.4. The standard InChI is InChI=1S/C18H31NO6/c1-7-18(6,15(24)25-19-13(22)8-9-14(19)23)17(4,5)12(10-20)16(2,3)11-21/h12,20-21H,7-11H2,1-6H3. The van der Waals surface area contributed by atoms with Crippen LogP contribution in [-0.4, -0.2) is 46.3 Å². The van der Waals surface area contributed by atoms with Gasteiger partial charge in [-0.25, -0.2) is 4.79 Å². The molecular weight excluding hydrogens is 326 g/mol. The maximum atomic E-state index is 12.9. The van der Waals surface area contributed by atoms with Crippen molar-refractivity contribution in [1.29, 1.82) is 0 Å². The van der Waals surface area contributed by atoms with Crippen LogP contribution < -0.4 is 0 Å². The lowest BCUT2D eigenvalue weighted by Gasteiger charge is -2.51. The molecule has 0 aliphatic carbocycles. The highest BCUT2D eigenvalue weighted by Gasteiger charge is 2.55. The molecule has 25 heavy (non-hydrogen) atoms. The molecule has 1 saturated heterocycles. The van der Waals surface area contributed by atoms with E-state index in [9.17, 15) is 24.6 Å². The zero-order chi connectivity index (χ0) is 19.6. The molecule has 0 bridgehead atoms. The number of amides is 2. The summed E-state index contributed by atoms with van der Waals surface area (Å²) in [5.41, 5.74) is -2.48. The van der Waals surface area contributed by atoms with E-state index in [1.54, 1.807) is 6.92 Å². The Morgan fingerprint density at radius 2 is 1.60 bits per heavy atom. The number of carbonyl (C=O) groups is 3. The van der Waals surface area contributed by atoms with Crippen molar-refractivity contribution in [1.82, 2.24) is 5.06 Å². The molecule has 1 aliphatic heterocycles. The zero-order valence-corrected chi connectivity index (χ0v) is 16.1. The van der Waals surface area contributed by atoms with Crippen LogP contribution in [0.1, 0.15) is 60.8 Å². The van der Waals surface area contributed by atoms with Crippen LogP contribution in [0.5, 0.6) is 0 Å². The number of rotatable bonds is 8. The SMILES string of the molecule is CCC(C)(C(=O)ON1C(=O)CCC1=O)C(C)(C)C(CO)C(C)(C)CO. The van der Waals surface area contributed by atoms with Crippen molar-refractivity contribution in [3.05, 3.63) is 0 Å². The number of imide groups is 1. The summed E-state index contributed by atoms with van der Waals surface area (Å²) in [5, 5.41) is 20.2. The number of hydroxylamine groups is 2. The van der Waals surface area contributed by atoms with E-state index in [-0.39, 0.29) is 26.1 Å². The molecule has 7 heteroatoms. The van der Waals surface area contributed by atoms with Gasteiger partial charge in [0.25, 0.3) is 11.8 Å². The first kappa shape index (κ1) is 21.6. The molecule has 0 spiro atoms. The Balaban J connectivity index is 3.19. The van der Waals surface area contributed by atoms with Gasteiger partial charge >= 0.3 is 5.97 Å². The average Bonchev–Trinajstić information content (AvgIpc) is 2.85. The summed E-state index contributed by atoms with van der Waals surface area (Å²) in [6.07, 6.45) is 0.456. The van der Waals surface area contributed by atoms with Gasteiger partial charge in [-0.2, -0.15) is 0 Å². The number of aliphatic hydroxyl groups is 2. The van der Waals surface area contributed by atoms with Crippen molar-refractivity contribution >= 4 is 17.8 Å². The molecule has 1 aliphatic rings. The van der Waals surface area contributed by atoms with Gasteiger partial charge in [-0.1, -0.05) is 34.6 Å². The van der Waals surface area contributed by atoms with E-state index in [0.717, 1.165) is 0 Å². The number of hydrogen-bond donors (Lipinski definition) is 2. The molecular formula is C18H31NO6. The number of carbonyl (C=O) groups excluding carboxylic acids is 3. The number of nitrogens with zero attached hydrogens (tertiary/aromatic N) is 1. The minimum absolute atomic E-state index is 0.0369. The van der Waals surface area contributed by atoms with Crippen LogP contribution in [0, 0.1) is 22.2 Å². The summed E-state index contributed by atoms with van der Waals surface area (Å²) < 4.78 is 0. The Morgan fingerprint density at radius 3 is 1.96 bits per heavy atom. The van der Waals surface area contributed by atoms with Crippen LogP contribution in [0.2, 0.25) is 0 Å². The topological polar surface area (TPSA) is 104 Å². The molecule has 0 saturated carbocycles. The second-order valence-electron chi connectivity index (χ2n) is 8.25.